The van der Waals surface area contributed by atoms with Gasteiger partial charge >= 0.3 is 0 Å². The second kappa shape index (κ2) is 9.39. The van der Waals surface area contributed by atoms with Crippen LogP contribution in [0.5, 0.6) is 0 Å². The lowest BCUT2D eigenvalue weighted by atomic mass is 10.0. The van der Waals surface area contributed by atoms with Gasteiger partial charge in [-0.05, 0) is 48.6 Å². The Hall–Kier alpha value is -2.33. The fourth-order valence-corrected chi connectivity index (χ4v) is 3.06. The number of anilines is 1. The minimum Gasteiger partial charge on any atom is -0.354 e. The monoisotopic (exact) mass is 372 g/mol. The fourth-order valence-electron chi connectivity index (χ4n) is 2.94. The number of para-hydroxylation sites is 1. The van der Waals surface area contributed by atoms with Crippen LogP contribution >= 0.6 is 11.6 Å². The first-order valence-corrected chi connectivity index (χ1v) is 9.18. The van der Waals surface area contributed by atoms with Gasteiger partial charge in [-0.3, -0.25) is 9.59 Å². The Morgan fingerprint density at radius 1 is 1.12 bits per heavy atom. The number of benzene rings is 2. The number of amides is 2. The lowest BCUT2D eigenvalue weighted by Gasteiger charge is -2.25. The molecule has 1 N–H and O–H groups in total. The molecule has 0 unspecified atom stereocenters. The van der Waals surface area contributed by atoms with Gasteiger partial charge in [-0.25, -0.2) is 0 Å². The summed E-state index contributed by atoms with van der Waals surface area (Å²) in [6.07, 6.45) is 1.52. The molecule has 0 saturated carbocycles. The molecule has 2 aromatic carbocycles. The van der Waals surface area contributed by atoms with Crippen LogP contribution in [0.25, 0.3) is 0 Å². The normalized spacial score (nSPS) is 10.5. The summed E-state index contributed by atoms with van der Waals surface area (Å²) in [5, 5.41) is 3.59. The first-order chi connectivity index (χ1) is 12.4. The van der Waals surface area contributed by atoms with Gasteiger partial charge in [0.1, 0.15) is 6.54 Å². The number of halogens is 1. The Labute approximate surface area is 160 Å². The van der Waals surface area contributed by atoms with Gasteiger partial charge in [-0.1, -0.05) is 48.9 Å². The Bertz CT molecular complexity index is 772. The smallest absolute Gasteiger partial charge is 0.240 e. The lowest BCUT2D eigenvalue weighted by Crippen LogP contribution is -2.41. The van der Waals surface area contributed by atoms with E-state index in [1.54, 1.807) is 4.90 Å². The molecule has 2 rings (SSSR count). The predicted octanol–water partition coefficient (Wildman–Crippen LogP) is 3.92. The molecular formula is C21H25ClN2O2. The van der Waals surface area contributed by atoms with E-state index in [1.165, 1.54) is 6.92 Å². The van der Waals surface area contributed by atoms with Gasteiger partial charge in [0, 0.05) is 18.5 Å². The van der Waals surface area contributed by atoms with Gasteiger partial charge in [-0.2, -0.15) is 0 Å². The molecule has 0 bridgehead atoms. The van der Waals surface area contributed by atoms with E-state index in [2.05, 4.69) is 5.32 Å². The van der Waals surface area contributed by atoms with Crippen molar-refractivity contribution < 1.29 is 9.59 Å². The minimum absolute atomic E-state index is 0.0216. The van der Waals surface area contributed by atoms with Crippen LogP contribution in [0.3, 0.4) is 0 Å². The van der Waals surface area contributed by atoms with E-state index in [0.717, 1.165) is 28.8 Å². The van der Waals surface area contributed by atoms with Crippen molar-refractivity contribution >= 4 is 29.1 Å². The fraction of sp³-hybridized carbons (Fsp3) is 0.333. The highest BCUT2D eigenvalue weighted by Gasteiger charge is 2.19. The van der Waals surface area contributed by atoms with E-state index < -0.39 is 0 Å². The molecule has 138 valence electrons. The third kappa shape index (κ3) is 5.33. The van der Waals surface area contributed by atoms with Crippen LogP contribution in [-0.2, 0) is 22.4 Å². The molecule has 5 heteroatoms. The SMILES string of the molecule is CCc1cccc(C)c1N(CC(=O)NCCc1ccc(Cl)cc1)C(C)=O. The van der Waals surface area contributed by atoms with Gasteiger partial charge < -0.3 is 10.2 Å². The highest BCUT2D eigenvalue weighted by molar-refractivity contribution is 6.30. The van der Waals surface area contributed by atoms with Gasteiger partial charge in [0.15, 0.2) is 0 Å². The molecule has 4 nitrogen and oxygen atoms in total. The van der Waals surface area contributed by atoms with Crippen molar-refractivity contribution in [2.75, 3.05) is 18.0 Å². The molecule has 0 aliphatic rings. The van der Waals surface area contributed by atoms with Crippen LogP contribution < -0.4 is 10.2 Å². The Morgan fingerprint density at radius 3 is 2.42 bits per heavy atom. The van der Waals surface area contributed by atoms with Crippen LogP contribution in [-0.4, -0.2) is 24.9 Å². The molecule has 0 fully saturated rings. The molecule has 0 aliphatic heterocycles. The molecular weight excluding hydrogens is 348 g/mol. The number of carbonyl (C=O) groups is 2. The standard InChI is InChI=1S/C21H25ClN2O2/c1-4-18-7-5-6-15(2)21(18)24(16(3)25)14-20(26)23-13-12-17-8-10-19(22)11-9-17/h5-11H,4,12-14H2,1-3H3,(H,23,26). The summed E-state index contributed by atoms with van der Waals surface area (Å²) in [6, 6.07) is 13.5. The van der Waals surface area contributed by atoms with E-state index in [1.807, 2.05) is 56.3 Å². The van der Waals surface area contributed by atoms with E-state index >= 15 is 0 Å². The van der Waals surface area contributed by atoms with Crippen LogP contribution in [0, 0.1) is 6.92 Å². The maximum Gasteiger partial charge on any atom is 0.240 e. The van der Waals surface area contributed by atoms with Gasteiger partial charge in [-0.15, -0.1) is 0 Å². The zero-order valence-corrected chi connectivity index (χ0v) is 16.3. The van der Waals surface area contributed by atoms with Crippen LogP contribution in [0.4, 0.5) is 5.69 Å². The Kier molecular flexibility index (Phi) is 7.22. The maximum absolute atomic E-state index is 12.4. The van der Waals surface area contributed by atoms with Gasteiger partial charge in [0.05, 0.1) is 5.69 Å². The van der Waals surface area contributed by atoms with Crippen molar-refractivity contribution in [1.29, 1.82) is 0 Å². The molecule has 2 amide bonds. The van der Waals surface area contributed by atoms with Crippen LogP contribution in [0.15, 0.2) is 42.5 Å². The minimum atomic E-state index is -0.167. The van der Waals surface area contributed by atoms with E-state index in [9.17, 15) is 9.59 Å². The van der Waals surface area contributed by atoms with E-state index in [-0.39, 0.29) is 18.4 Å². The summed E-state index contributed by atoms with van der Waals surface area (Å²) in [4.78, 5) is 26.1. The van der Waals surface area contributed by atoms with Crippen molar-refractivity contribution in [3.63, 3.8) is 0 Å². The van der Waals surface area contributed by atoms with E-state index in [4.69, 9.17) is 11.6 Å². The Morgan fingerprint density at radius 2 is 1.81 bits per heavy atom. The quantitative estimate of drug-likeness (QED) is 0.800. The van der Waals surface area contributed by atoms with Crippen LogP contribution in [0.1, 0.15) is 30.5 Å². The zero-order valence-electron chi connectivity index (χ0n) is 15.5. The number of hydrogen-bond acceptors (Lipinski definition) is 2. The van der Waals surface area contributed by atoms with Crippen molar-refractivity contribution in [1.82, 2.24) is 5.32 Å². The third-order valence-electron chi connectivity index (χ3n) is 4.30. The topological polar surface area (TPSA) is 49.4 Å². The highest BCUT2D eigenvalue weighted by Crippen LogP contribution is 2.25. The highest BCUT2D eigenvalue weighted by atomic mass is 35.5. The van der Waals surface area contributed by atoms with Crippen molar-refractivity contribution in [2.24, 2.45) is 0 Å². The predicted molar refractivity (Wildman–Crippen MR) is 107 cm³/mol. The summed E-state index contributed by atoms with van der Waals surface area (Å²) in [5.41, 5.74) is 4.00. The first-order valence-electron chi connectivity index (χ1n) is 8.80. The van der Waals surface area contributed by atoms with Crippen molar-refractivity contribution in [3.8, 4) is 0 Å². The number of carbonyl (C=O) groups excluding carboxylic acids is 2. The summed E-state index contributed by atoms with van der Waals surface area (Å²) in [6.45, 7) is 6.03. The number of hydrogen-bond donors (Lipinski definition) is 1. The second-order valence-electron chi connectivity index (χ2n) is 6.27. The Balaban J connectivity index is 2.00. The maximum atomic E-state index is 12.4. The molecule has 0 atom stereocenters. The van der Waals surface area contributed by atoms with E-state index in [0.29, 0.717) is 18.0 Å². The van der Waals surface area contributed by atoms with Crippen molar-refractivity contribution in [3.05, 3.63) is 64.2 Å². The lowest BCUT2D eigenvalue weighted by molar-refractivity contribution is -0.123. The number of nitrogens with one attached hydrogen (secondary N) is 1. The van der Waals surface area contributed by atoms with Gasteiger partial charge in [0.25, 0.3) is 0 Å². The molecule has 0 spiro atoms. The molecule has 0 aliphatic carbocycles. The molecule has 26 heavy (non-hydrogen) atoms. The largest absolute Gasteiger partial charge is 0.354 e. The third-order valence-corrected chi connectivity index (χ3v) is 4.56. The second-order valence-corrected chi connectivity index (χ2v) is 6.70. The summed E-state index contributed by atoms with van der Waals surface area (Å²) < 4.78 is 0. The zero-order chi connectivity index (χ0) is 19.1. The van der Waals surface area contributed by atoms with Crippen molar-refractivity contribution in [2.45, 2.75) is 33.6 Å². The number of nitrogens with zero attached hydrogens (tertiary/aromatic N) is 1. The number of aryl methyl sites for hydroxylation is 2. The van der Waals surface area contributed by atoms with Crippen LogP contribution in [0.2, 0.25) is 5.02 Å². The average molecular weight is 373 g/mol. The summed E-state index contributed by atoms with van der Waals surface area (Å²) >= 11 is 5.87. The summed E-state index contributed by atoms with van der Waals surface area (Å²) in [5.74, 6) is -0.304. The molecule has 0 aromatic heterocycles. The molecule has 0 radical (unpaired) electrons. The molecule has 0 heterocycles. The van der Waals surface area contributed by atoms with Gasteiger partial charge in [0.2, 0.25) is 11.8 Å². The first kappa shape index (κ1) is 20.0. The summed E-state index contributed by atoms with van der Waals surface area (Å²) in [7, 11) is 0. The average Bonchev–Trinajstić information content (AvgIpc) is 2.61. The molecule has 0 saturated heterocycles. The molecule has 2 aromatic rings. The number of rotatable bonds is 7.